The molecule has 2 unspecified atom stereocenters. The third-order valence-electron chi connectivity index (χ3n) is 2.85. The molecular formula is C13H17ClN2OS. The fourth-order valence-electron chi connectivity index (χ4n) is 1.98. The van der Waals surface area contributed by atoms with E-state index in [0.717, 1.165) is 28.6 Å². The summed E-state index contributed by atoms with van der Waals surface area (Å²) in [7, 11) is 0. The Morgan fingerprint density at radius 3 is 3.17 bits per heavy atom. The van der Waals surface area contributed by atoms with E-state index in [0.29, 0.717) is 0 Å². The van der Waals surface area contributed by atoms with Gasteiger partial charge in [-0.3, -0.25) is 10.1 Å². The normalized spacial score (nSPS) is 20.7. The van der Waals surface area contributed by atoms with Crippen molar-refractivity contribution >= 4 is 29.3 Å². The number of rotatable bonds is 4. The largest absolute Gasteiger partial charge is 0.352 e. The van der Waals surface area contributed by atoms with E-state index in [1.54, 1.807) is 11.8 Å². The van der Waals surface area contributed by atoms with E-state index in [1.165, 1.54) is 0 Å². The second-order valence-corrected chi connectivity index (χ2v) is 5.98. The number of nitrogens with one attached hydrogen (secondary N) is 2. The van der Waals surface area contributed by atoms with Gasteiger partial charge in [-0.1, -0.05) is 23.7 Å². The third-order valence-corrected chi connectivity index (χ3v) is 4.03. The molecule has 1 aliphatic rings. The second kappa shape index (κ2) is 6.45. The minimum Gasteiger partial charge on any atom is -0.352 e. The highest BCUT2D eigenvalue weighted by Gasteiger charge is 2.23. The molecule has 1 aliphatic heterocycles. The minimum absolute atomic E-state index is 0.0446. The van der Waals surface area contributed by atoms with Crippen LogP contribution in [-0.4, -0.2) is 29.6 Å². The van der Waals surface area contributed by atoms with Crippen molar-refractivity contribution in [3.8, 4) is 0 Å². The molecule has 1 aromatic carbocycles. The lowest BCUT2D eigenvalue weighted by Crippen LogP contribution is -2.46. The number of hydrogen-bond acceptors (Lipinski definition) is 3. The smallest absolute Gasteiger partial charge is 0.238 e. The number of carbonyl (C=O) groups excluding carboxylic acids is 1. The Balaban J connectivity index is 1.84. The molecule has 1 saturated heterocycles. The summed E-state index contributed by atoms with van der Waals surface area (Å²) in [6.45, 7) is 2.01. The van der Waals surface area contributed by atoms with Crippen molar-refractivity contribution in [2.45, 2.75) is 25.4 Å². The number of halogens is 1. The lowest BCUT2D eigenvalue weighted by molar-refractivity contribution is -0.123. The van der Waals surface area contributed by atoms with Crippen molar-refractivity contribution < 1.29 is 4.79 Å². The quantitative estimate of drug-likeness (QED) is 0.889. The van der Waals surface area contributed by atoms with Gasteiger partial charge >= 0.3 is 0 Å². The van der Waals surface area contributed by atoms with Gasteiger partial charge < -0.3 is 5.32 Å². The Kier molecular flexibility index (Phi) is 4.92. The molecule has 3 nitrogen and oxygen atoms in total. The summed E-state index contributed by atoms with van der Waals surface area (Å²) >= 11 is 7.69. The van der Waals surface area contributed by atoms with E-state index < -0.39 is 0 Å². The molecule has 0 spiro atoms. The molecule has 2 atom stereocenters. The van der Waals surface area contributed by atoms with Crippen LogP contribution in [0.15, 0.2) is 24.3 Å². The third kappa shape index (κ3) is 3.90. The summed E-state index contributed by atoms with van der Waals surface area (Å²) in [6.07, 6.45) is 0.798. The summed E-state index contributed by atoms with van der Waals surface area (Å²) in [5.41, 5.74) is 1.14. The second-order valence-electron chi connectivity index (χ2n) is 4.52. The van der Waals surface area contributed by atoms with Crippen LogP contribution in [0.4, 0.5) is 0 Å². The molecule has 0 bridgehead atoms. The molecule has 0 aromatic heterocycles. The lowest BCUT2D eigenvalue weighted by Gasteiger charge is -2.17. The maximum absolute atomic E-state index is 11.9. The summed E-state index contributed by atoms with van der Waals surface area (Å²) < 4.78 is 0. The van der Waals surface area contributed by atoms with Gasteiger partial charge in [0.25, 0.3) is 0 Å². The zero-order valence-corrected chi connectivity index (χ0v) is 11.9. The van der Waals surface area contributed by atoms with Gasteiger partial charge in [0, 0.05) is 22.7 Å². The molecular weight excluding hydrogens is 268 g/mol. The molecule has 0 saturated carbocycles. The number of thioether (sulfide) groups is 1. The Morgan fingerprint density at radius 1 is 1.67 bits per heavy atom. The maximum Gasteiger partial charge on any atom is 0.238 e. The van der Waals surface area contributed by atoms with E-state index >= 15 is 0 Å². The first-order chi connectivity index (χ1) is 8.65. The van der Waals surface area contributed by atoms with E-state index in [2.05, 4.69) is 10.6 Å². The summed E-state index contributed by atoms with van der Waals surface area (Å²) in [5.74, 6) is 1.81. The first-order valence-electron chi connectivity index (χ1n) is 6.01. The number of amides is 1. The van der Waals surface area contributed by atoms with Crippen LogP contribution in [-0.2, 0) is 11.2 Å². The van der Waals surface area contributed by atoms with E-state index in [-0.39, 0.29) is 18.0 Å². The van der Waals surface area contributed by atoms with E-state index in [4.69, 9.17) is 11.6 Å². The molecule has 1 amide bonds. The summed E-state index contributed by atoms with van der Waals surface area (Å²) in [5, 5.41) is 6.93. The molecule has 0 radical (unpaired) electrons. The highest BCUT2D eigenvalue weighted by molar-refractivity contribution is 7.99. The molecule has 98 valence electrons. The fourth-order valence-corrected chi connectivity index (χ4v) is 3.13. The Morgan fingerprint density at radius 2 is 2.50 bits per heavy atom. The fraction of sp³-hybridized carbons (Fsp3) is 0.462. The van der Waals surface area contributed by atoms with Crippen LogP contribution in [0.1, 0.15) is 12.5 Å². The predicted octanol–water partition coefficient (Wildman–Crippen LogP) is 2.05. The van der Waals surface area contributed by atoms with Gasteiger partial charge in [0.05, 0.1) is 6.04 Å². The Hall–Kier alpha value is -0.710. The van der Waals surface area contributed by atoms with Crippen LogP contribution in [0.5, 0.6) is 0 Å². The topological polar surface area (TPSA) is 41.1 Å². The van der Waals surface area contributed by atoms with Gasteiger partial charge in [-0.2, -0.15) is 0 Å². The standard InChI is InChI=1S/C13H17ClN2OS/c1-9(5-10-3-2-4-11(14)6-10)16-13(17)12-7-18-8-15-12/h2-4,6,9,12,15H,5,7-8H2,1H3,(H,16,17). The van der Waals surface area contributed by atoms with Crippen LogP contribution in [0.2, 0.25) is 5.02 Å². The molecule has 2 N–H and O–H groups in total. The van der Waals surface area contributed by atoms with E-state index in [9.17, 15) is 4.79 Å². The zero-order chi connectivity index (χ0) is 13.0. The maximum atomic E-state index is 11.9. The molecule has 0 aliphatic carbocycles. The number of carbonyl (C=O) groups is 1. The molecule has 18 heavy (non-hydrogen) atoms. The number of benzene rings is 1. The van der Waals surface area contributed by atoms with Crippen molar-refractivity contribution in [2.24, 2.45) is 0 Å². The minimum atomic E-state index is -0.0446. The number of hydrogen-bond donors (Lipinski definition) is 2. The van der Waals surface area contributed by atoms with Crippen molar-refractivity contribution in [1.29, 1.82) is 0 Å². The molecule has 2 rings (SSSR count). The summed E-state index contributed by atoms with van der Waals surface area (Å²) in [4.78, 5) is 11.9. The molecule has 1 heterocycles. The molecule has 5 heteroatoms. The van der Waals surface area contributed by atoms with Crippen molar-refractivity contribution in [3.05, 3.63) is 34.9 Å². The highest BCUT2D eigenvalue weighted by atomic mass is 35.5. The monoisotopic (exact) mass is 284 g/mol. The zero-order valence-electron chi connectivity index (χ0n) is 10.3. The Labute approximate surface area is 117 Å². The van der Waals surface area contributed by atoms with Gasteiger partial charge in [0.2, 0.25) is 5.91 Å². The predicted molar refractivity (Wildman–Crippen MR) is 77.0 cm³/mol. The Bertz CT molecular complexity index is 421. The van der Waals surface area contributed by atoms with Crippen molar-refractivity contribution in [2.75, 3.05) is 11.6 Å². The van der Waals surface area contributed by atoms with E-state index in [1.807, 2.05) is 31.2 Å². The first kappa shape index (κ1) is 13.7. The van der Waals surface area contributed by atoms with Gasteiger partial charge in [-0.15, -0.1) is 11.8 Å². The molecule has 1 fully saturated rings. The van der Waals surface area contributed by atoms with Crippen LogP contribution in [0, 0.1) is 0 Å². The van der Waals surface area contributed by atoms with Crippen LogP contribution in [0.3, 0.4) is 0 Å². The summed E-state index contributed by atoms with van der Waals surface area (Å²) in [6, 6.07) is 7.82. The van der Waals surface area contributed by atoms with Crippen LogP contribution >= 0.6 is 23.4 Å². The van der Waals surface area contributed by atoms with Gasteiger partial charge in [0.1, 0.15) is 0 Å². The van der Waals surface area contributed by atoms with Gasteiger partial charge in [0.15, 0.2) is 0 Å². The lowest BCUT2D eigenvalue weighted by atomic mass is 10.1. The van der Waals surface area contributed by atoms with Gasteiger partial charge in [-0.25, -0.2) is 0 Å². The highest BCUT2D eigenvalue weighted by Crippen LogP contribution is 2.13. The average molecular weight is 285 g/mol. The van der Waals surface area contributed by atoms with Crippen molar-refractivity contribution in [1.82, 2.24) is 10.6 Å². The average Bonchev–Trinajstić information content (AvgIpc) is 2.81. The van der Waals surface area contributed by atoms with Crippen LogP contribution < -0.4 is 10.6 Å². The SMILES string of the molecule is CC(Cc1cccc(Cl)c1)NC(=O)C1CSCN1. The molecule has 1 aromatic rings. The van der Waals surface area contributed by atoms with Crippen molar-refractivity contribution in [3.63, 3.8) is 0 Å². The van der Waals surface area contributed by atoms with Gasteiger partial charge in [-0.05, 0) is 31.0 Å². The van der Waals surface area contributed by atoms with Crippen LogP contribution in [0.25, 0.3) is 0 Å². The first-order valence-corrected chi connectivity index (χ1v) is 7.54.